The number of nitrogens with one attached hydrogen (secondary N) is 2. The summed E-state index contributed by atoms with van der Waals surface area (Å²) < 4.78 is 7.35. The van der Waals surface area contributed by atoms with E-state index in [1.807, 2.05) is 25.1 Å². The zero-order valence-electron chi connectivity index (χ0n) is 17.1. The zero-order chi connectivity index (χ0) is 20.5. The number of para-hydroxylation sites is 2. The molecule has 3 aromatic rings. The highest BCUT2D eigenvalue weighted by Crippen LogP contribution is 2.54. The third-order valence-corrected chi connectivity index (χ3v) is 5.04. The maximum Gasteiger partial charge on any atom is 0.135 e. The highest BCUT2D eigenvalue weighted by Gasteiger charge is 2.44. The van der Waals surface area contributed by atoms with E-state index >= 15 is 0 Å². The number of aromatic nitrogens is 4. The number of nitrogens with zero attached hydrogens (tertiary/aromatic N) is 5. The van der Waals surface area contributed by atoms with Crippen molar-refractivity contribution in [3.05, 3.63) is 47.7 Å². The first-order valence-corrected chi connectivity index (χ1v) is 9.62. The van der Waals surface area contributed by atoms with Crippen LogP contribution in [0.25, 0.3) is 11.0 Å². The summed E-state index contributed by atoms with van der Waals surface area (Å²) in [5, 5.41) is 10.8. The summed E-state index contributed by atoms with van der Waals surface area (Å²) in [5.41, 5.74) is 3.18. The molecule has 2 heterocycles. The molecule has 0 saturated heterocycles. The fraction of sp³-hybridized carbons (Fsp3) is 0.381. The van der Waals surface area contributed by atoms with E-state index in [0.717, 1.165) is 29.0 Å². The van der Waals surface area contributed by atoms with E-state index in [2.05, 4.69) is 44.0 Å². The van der Waals surface area contributed by atoms with Crippen LogP contribution in [0.4, 0.5) is 5.82 Å². The molecule has 2 atom stereocenters. The minimum atomic E-state index is 0.208. The number of aliphatic imine (C=N–C) groups is 1. The number of methoxy groups -OCH3 is 1. The van der Waals surface area contributed by atoms with Gasteiger partial charge < -0.3 is 14.6 Å². The van der Waals surface area contributed by atoms with Gasteiger partial charge in [-0.2, -0.15) is 0 Å². The predicted molar refractivity (Wildman–Crippen MR) is 114 cm³/mol. The Morgan fingerprint density at radius 2 is 2.07 bits per heavy atom. The van der Waals surface area contributed by atoms with E-state index < -0.39 is 0 Å². The fourth-order valence-corrected chi connectivity index (χ4v) is 3.73. The van der Waals surface area contributed by atoms with Crippen LogP contribution in [0.1, 0.15) is 42.5 Å². The molecular formula is C21H25N7O. The molecule has 0 amide bonds. The number of aryl methyl sites for hydroxylation is 2. The number of anilines is 1. The summed E-state index contributed by atoms with van der Waals surface area (Å²) in [6, 6.07) is 10.2. The van der Waals surface area contributed by atoms with Crippen molar-refractivity contribution in [3.63, 3.8) is 0 Å². The van der Waals surface area contributed by atoms with Gasteiger partial charge in [0.05, 0.1) is 16.7 Å². The van der Waals surface area contributed by atoms with E-state index in [0.29, 0.717) is 29.3 Å². The summed E-state index contributed by atoms with van der Waals surface area (Å²) in [5.74, 6) is 3.89. The largest absolute Gasteiger partial charge is 0.377 e. The van der Waals surface area contributed by atoms with Crippen LogP contribution in [-0.2, 0) is 11.8 Å². The molecule has 1 aromatic carbocycles. The lowest BCUT2D eigenvalue weighted by atomic mass is 10.2. The lowest BCUT2D eigenvalue weighted by Crippen LogP contribution is -2.20. The topological polar surface area (TPSA) is 101 Å². The number of rotatable bonds is 5. The van der Waals surface area contributed by atoms with Gasteiger partial charge in [-0.1, -0.05) is 12.1 Å². The first-order valence-electron chi connectivity index (χ1n) is 9.62. The lowest BCUT2D eigenvalue weighted by molar-refractivity contribution is 0.245. The average molecular weight is 391 g/mol. The maximum absolute atomic E-state index is 7.59. The molecule has 1 saturated carbocycles. The SMILES string of the molecule is COC/C(=N/C(C)=N)Nc1cc(C2C[C@@H]2c2nc3ccccc3n2C)nc(C)n1. The summed E-state index contributed by atoms with van der Waals surface area (Å²) in [6.07, 6.45) is 1.02. The number of imidazole rings is 1. The molecule has 0 bridgehead atoms. The number of amidine groups is 2. The summed E-state index contributed by atoms with van der Waals surface area (Å²) >= 11 is 0. The van der Waals surface area contributed by atoms with E-state index in [9.17, 15) is 0 Å². The number of hydrogen-bond donors (Lipinski definition) is 2. The van der Waals surface area contributed by atoms with E-state index in [1.54, 1.807) is 14.0 Å². The highest BCUT2D eigenvalue weighted by atomic mass is 16.5. The Kier molecular flexibility index (Phi) is 5.10. The molecule has 1 aliphatic rings. The monoisotopic (exact) mass is 391 g/mol. The Hall–Kier alpha value is -3.13. The van der Waals surface area contributed by atoms with Crippen LogP contribution in [0.5, 0.6) is 0 Å². The van der Waals surface area contributed by atoms with Gasteiger partial charge in [-0.3, -0.25) is 5.41 Å². The van der Waals surface area contributed by atoms with Gasteiger partial charge in [-0.15, -0.1) is 0 Å². The van der Waals surface area contributed by atoms with Crippen LogP contribution in [-0.4, -0.2) is 44.9 Å². The standard InChI is InChI=1S/C21H25N7O/c1-12(22)23-20(11-29-4)27-19-10-17(24-13(2)25-19)14-9-15(14)21-26-16-7-5-6-8-18(16)28(21)3/h5-8,10,14-15H,9,11H2,1-4H3,(H2,22,23,24,25,27)/t14?,15-/m0/s1. The molecular weight excluding hydrogens is 366 g/mol. The molecule has 2 aromatic heterocycles. The average Bonchev–Trinajstić information content (AvgIpc) is 3.39. The van der Waals surface area contributed by atoms with Crippen LogP contribution in [0.2, 0.25) is 0 Å². The second-order valence-corrected chi connectivity index (χ2v) is 7.39. The minimum Gasteiger partial charge on any atom is -0.377 e. The number of hydrogen-bond acceptors (Lipinski definition) is 5. The van der Waals surface area contributed by atoms with Gasteiger partial charge in [-0.05, 0) is 32.4 Å². The second-order valence-electron chi connectivity index (χ2n) is 7.39. The van der Waals surface area contributed by atoms with Gasteiger partial charge in [-0.25, -0.2) is 19.9 Å². The first kappa shape index (κ1) is 19.2. The molecule has 0 aliphatic heterocycles. The summed E-state index contributed by atoms with van der Waals surface area (Å²) in [6.45, 7) is 3.79. The first-order chi connectivity index (χ1) is 14.0. The molecule has 2 N–H and O–H groups in total. The summed E-state index contributed by atoms with van der Waals surface area (Å²) in [7, 11) is 3.67. The van der Waals surface area contributed by atoms with Crippen LogP contribution < -0.4 is 5.32 Å². The molecule has 0 radical (unpaired) electrons. The van der Waals surface area contributed by atoms with Gasteiger partial charge in [0.25, 0.3) is 0 Å². The van der Waals surface area contributed by atoms with E-state index in [4.69, 9.17) is 15.1 Å². The molecule has 1 unspecified atom stereocenters. The van der Waals surface area contributed by atoms with Gasteiger partial charge in [0.1, 0.15) is 35.7 Å². The molecule has 29 heavy (non-hydrogen) atoms. The van der Waals surface area contributed by atoms with Gasteiger partial charge in [0.15, 0.2) is 0 Å². The Balaban J connectivity index is 1.58. The van der Waals surface area contributed by atoms with Crippen molar-refractivity contribution < 1.29 is 4.74 Å². The predicted octanol–water partition coefficient (Wildman–Crippen LogP) is 3.40. The minimum absolute atomic E-state index is 0.208. The Labute approximate surface area is 169 Å². The molecule has 1 aliphatic carbocycles. The van der Waals surface area contributed by atoms with E-state index in [1.165, 1.54) is 0 Å². The normalized spacial score (nSPS) is 18.8. The highest BCUT2D eigenvalue weighted by molar-refractivity contribution is 6.02. The molecule has 4 rings (SSSR count). The van der Waals surface area contributed by atoms with Crippen molar-refractivity contribution in [3.8, 4) is 0 Å². The Bertz CT molecular complexity index is 1100. The van der Waals surface area contributed by atoms with Gasteiger partial charge >= 0.3 is 0 Å². The summed E-state index contributed by atoms with van der Waals surface area (Å²) in [4.78, 5) is 18.2. The van der Waals surface area contributed by atoms with Crippen LogP contribution in [0.15, 0.2) is 35.3 Å². The number of benzene rings is 1. The lowest BCUT2D eigenvalue weighted by Gasteiger charge is -2.10. The number of fused-ring (bicyclic) bond motifs is 1. The number of ether oxygens (including phenoxy) is 1. The second kappa shape index (κ2) is 7.71. The Morgan fingerprint density at radius 1 is 1.28 bits per heavy atom. The Morgan fingerprint density at radius 3 is 2.79 bits per heavy atom. The molecule has 150 valence electrons. The van der Waals surface area contributed by atoms with Crippen molar-refractivity contribution in [2.75, 3.05) is 19.0 Å². The van der Waals surface area contributed by atoms with Crippen LogP contribution in [0, 0.1) is 12.3 Å². The molecule has 0 spiro atoms. The van der Waals surface area contributed by atoms with Crippen molar-refractivity contribution in [1.29, 1.82) is 5.41 Å². The van der Waals surface area contributed by atoms with Gasteiger partial charge in [0.2, 0.25) is 0 Å². The van der Waals surface area contributed by atoms with E-state index in [-0.39, 0.29) is 12.4 Å². The maximum atomic E-state index is 7.59. The quantitative estimate of drug-likeness (QED) is 0.513. The van der Waals surface area contributed by atoms with Crippen LogP contribution >= 0.6 is 0 Å². The third-order valence-electron chi connectivity index (χ3n) is 5.04. The van der Waals surface area contributed by atoms with Crippen molar-refractivity contribution in [2.45, 2.75) is 32.1 Å². The van der Waals surface area contributed by atoms with Gasteiger partial charge in [0, 0.05) is 32.1 Å². The molecule has 1 fully saturated rings. The third kappa shape index (κ3) is 4.02. The molecule has 8 nitrogen and oxygen atoms in total. The van der Waals surface area contributed by atoms with Crippen molar-refractivity contribution >= 4 is 28.5 Å². The fourth-order valence-electron chi connectivity index (χ4n) is 3.73. The smallest absolute Gasteiger partial charge is 0.135 e. The van der Waals surface area contributed by atoms with Crippen molar-refractivity contribution in [2.24, 2.45) is 12.0 Å². The van der Waals surface area contributed by atoms with Crippen LogP contribution in [0.3, 0.4) is 0 Å². The molecule has 8 heteroatoms. The van der Waals surface area contributed by atoms with Crippen molar-refractivity contribution in [1.82, 2.24) is 19.5 Å². The zero-order valence-corrected chi connectivity index (χ0v) is 17.1.